The van der Waals surface area contributed by atoms with E-state index in [2.05, 4.69) is 52.7 Å². The third kappa shape index (κ3) is 5.74. The minimum Gasteiger partial charge on any atom is -0.340 e. The Morgan fingerprint density at radius 3 is 2.47 bits per heavy atom. The first-order valence-electron chi connectivity index (χ1n) is 9.34. The van der Waals surface area contributed by atoms with Crippen molar-refractivity contribution in [2.24, 2.45) is 5.92 Å². The first-order chi connectivity index (χ1) is 14.4. The van der Waals surface area contributed by atoms with Crippen LogP contribution in [-0.4, -0.2) is 28.1 Å². The molecule has 0 unspecified atom stereocenters. The van der Waals surface area contributed by atoms with Crippen LogP contribution in [0.15, 0.2) is 57.5 Å². The van der Waals surface area contributed by atoms with Crippen molar-refractivity contribution >= 4 is 60.1 Å². The quantitative estimate of drug-likeness (QED) is 0.405. The third-order valence-electron chi connectivity index (χ3n) is 4.62. The van der Waals surface area contributed by atoms with Crippen molar-refractivity contribution in [1.82, 2.24) is 15.5 Å². The first kappa shape index (κ1) is 22.6. The number of hydrogen-bond acceptors (Lipinski definition) is 5. The monoisotopic (exact) mass is 550 g/mol. The van der Waals surface area contributed by atoms with Crippen LogP contribution in [0.4, 0.5) is 5.13 Å². The summed E-state index contributed by atoms with van der Waals surface area (Å²) in [4.78, 5) is 25.6. The van der Waals surface area contributed by atoms with E-state index in [0.29, 0.717) is 15.7 Å². The van der Waals surface area contributed by atoms with Crippen molar-refractivity contribution in [3.8, 4) is 10.6 Å². The summed E-state index contributed by atoms with van der Waals surface area (Å²) in [5, 5.41) is 15.0. The van der Waals surface area contributed by atoms with Crippen molar-refractivity contribution in [1.29, 1.82) is 0 Å². The van der Waals surface area contributed by atoms with Gasteiger partial charge in [0.05, 0.1) is 0 Å². The van der Waals surface area contributed by atoms with Gasteiger partial charge in [0.2, 0.25) is 11.0 Å². The summed E-state index contributed by atoms with van der Waals surface area (Å²) >= 11 is 8.08. The van der Waals surface area contributed by atoms with Crippen LogP contribution in [0.1, 0.15) is 30.6 Å². The molecule has 30 heavy (non-hydrogen) atoms. The van der Waals surface area contributed by atoms with Crippen molar-refractivity contribution in [3.63, 3.8) is 0 Å². The fourth-order valence-corrected chi connectivity index (χ4v) is 4.13. The van der Waals surface area contributed by atoms with Gasteiger partial charge in [0, 0.05) is 20.1 Å². The Labute approximate surface area is 195 Å². The molecule has 1 aromatic heterocycles. The molecule has 6 nitrogen and oxygen atoms in total. The number of halogens is 2. The lowest BCUT2D eigenvalue weighted by molar-refractivity contribution is -0.119. The van der Waals surface area contributed by atoms with Gasteiger partial charge in [-0.2, -0.15) is 0 Å². The molecule has 0 spiro atoms. The summed E-state index contributed by atoms with van der Waals surface area (Å²) in [6.07, 6.45) is 0.734. The van der Waals surface area contributed by atoms with Crippen LogP contribution >= 0.6 is 43.2 Å². The molecule has 0 aliphatic heterocycles. The maximum Gasteiger partial charge on any atom is 0.251 e. The van der Waals surface area contributed by atoms with Crippen molar-refractivity contribution < 1.29 is 9.59 Å². The lowest BCUT2D eigenvalue weighted by Crippen LogP contribution is -2.47. The highest BCUT2D eigenvalue weighted by Gasteiger charge is 2.27. The SMILES string of the molecule is CC[C@@H](C)[C@H](NC(=O)c1ccc(Br)cc1)C(=O)Nc1nnc(-c2cccc(Br)c2)s1. The molecule has 2 atom stereocenters. The summed E-state index contributed by atoms with van der Waals surface area (Å²) < 4.78 is 1.82. The number of carbonyl (C=O) groups is 2. The molecular formula is C21H20Br2N4O2S. The van der Waals surface area contributed by atoms with E-state index in [4.69, 9.17) is 0 Å². The minimum absolute atomic E-state index is 0.0538. The van der Waals surface area contributed by atoms with Crippen LogP contribution in [0.25, 0.3) is 10.6 Å². The lowest BCUT2D eigenvalue weighted by Gasteiger charge is -2.23. The molecule has 2 aromatic carbocycles. The highest BCUT2D eigenvalue weighted by atomic mass is 79.9. The van der Waals surface area contributed by atoms with E-state index in [-0.39, 0.29) is 17.7 Å². The molecule has 3 aromatic rings. The Morgan fingerprint density at radius 1 is 1.07 bits per heavy atom. The molecular weight excluding hydrogens is 532 g/mol. The number of nitrogens with one attached hydrogen (secondary N) is 2. The second-order valence-corrected chi connectivity index (χ2v) is 9.56. The number of nitrogens with zero attached hydrogens (tertiary/aromatic N) is 2. The number of hydrogen-bond donors (Lipinski definition) is 2. The van der Waals surface area contributed by atoms with Gasteiger partial charge in [-0.05, 0) is 42.3 Å². The number of rotatable bonds is 7. The number of anilines is 1. The molecule has 0 fully saturated rings. The van der Waals surface area contributed by atoms with Crippen LogP contribution in [0, 0.1) is 5.92 Å². The van der Waals surface area contributed by atoms with Crippen molar-refractivity contribution in [2.45, 2.75) is 26.3 Å². The lowest BCUT2D eigenvalue weighted by atomic mass is 9.98. The summed E-state index contributed by atoms with van der Waals surface area (Å²) in [6, 6.07) is 14.0. The summed E-state index contributed by atoms with van der Waals surface area (Å²) in [5.41, 5.74) is 1.40. The Bertz CT molecular complexity index is 1040. The number of carbonyl (C=O) groups excluding carboxylic acids is 2. The summed E-state index contributed by atoms with van der Waals surface area (Å²) in [5.74, 6) is -0.663. The molecule has 0 radical (unpaired) electrons. The number of benzene rings is 2. The van der Waals surface area contributed by atoms with E-state index in [1.807, 2.05) is 38.1 Å². The predicted molar refractivity (Wildman–Crippen MR) is 127 cm³/mol. The second kappa shape index (κ2) is 10.3. The largest absolute Gasteiger partial charge is 0.340 e. The molecule has 2 N–H and O–H groups in total. The topological polar surface area (TPSA) is 84.0 Å². The molecule has 2 amide bonds. The normalized spacial score (nSPS) is 12.8. The highest BCUT2D eigenvalue weighted by molar-refractivity contribution is 9.10. The maximum absolute atomic E-state index is 12.9. The third-order valence-corrected chi connectivity index (χ3v) is 6.52. The maximum atomic E-state index is 12.9. The Kier molecular flexibility index (Phi) is 7.74. The fraction of sp³-hybridized carbons (Fsp3) is 0.238. The zero-order valence-electron chi connectivity index (χ0n) is 16.4. The second-order valence-electron chi connectivity index (χ2n) is 6.76. The van der Waals surface area contributed by atoms with Crippen molar-refractivity contribution in [3.05, 3.63) is 63.0 Å². The van der Waals surface area contributed by atoms with Gasteiger partial charge in [-0.1, -0.05) is 75.6 Å². The molecule has 0 saturated heterocycles. The number of amides is 2. The summed E-state index contributed by atoms with van der Waals surface area (Å²) in [7, 11) is 0. The fourth-order valence-electron chi connectivity index (χ4n) is 2.72. The molecule has 1 heterocycles. The first-order valence-corrected chi connectivity index (χ1v) is 11.7. The van der Waals surface area contributed by atoms with Crippen LogP contribution < -0.4 is 10.6 Å². The van der Waals surface area contributed by atoms with Gasteiger partial charge in [0.15, 0.2) is 0 Å². The molecule has 0 aliphatic rings. The Morgan fingerprint density at radius 2 is 1.80 bits per heavy atom. The van der Waals surface area contributed by atoms with Crippen molar-refractivity contribution in [2.75, 3.05) is 5.32 Å². The van der Waals surface area contributed by atoms with Crippen LogP contribution in [-0.2, 0) is 4.79 Å². The highest BCUT2D eigenvalue weighted by Crippen LogP contribution is 2.28. The van der Waals surface area contributed by atoms with E-state index in [9.17, 15) is 9.59 Å². The van der Waals surface area contributed by atoms with Gasteiger partial charge in [0.1, 0.15) is 11.0 Å². The molecule has 0 aliphatic carbocycles. The van der Waals surface area contributed by atoms with E-state index in [1.165, 1.54) is 11.3 Å². The van der Waals surface area contributed by atoms with Gasteiger partial charge in [-0.15, -0.1) is 10.2 Å². The summed E-state index contributed by atoms with van der Waals surface area (Å²) in [6.45, 7) is 3.91. The van der Waals surface area contributed by atoms with E-state index in [1.54, 1.807) is 24.3 Å². The van der Waals surface area contributed by atoms with Crippen LogP contribution in [0.3, 0.4) is 0 Å². The zero-order chi connectivity index (χ0) is 21.7. The smallest absolute Gasteiger partial charge is 0.251 e. The van der Waals surface area contributed by atoms with Crippen LogP contribution in [0.2, 0.25) is 0 Å². The van der Waals surface area contributed by atoms with Gasteiger partial charge >= 0.3 is 0 Å². The predicted octanol–water partition coefficient (Wildman–Crippen LogP) is 5.51. The zero-order valence-corrected chi connectivity index (χ0v) is 20.3. The molecule has 3 rings (SSSR count). The Balaban J connectivity index is 1.73. The van der Waals surface area contributed by atoms with Gasteiger partial charge in [-0.25, -0.2) is 0 Å². The van der Waals surface area contributed by atoms with Gasteiger partial charge < -0.3 is 5.32 Å². The average Bonchev–Trinajstić information content (AvgIpc) is 3.20. The molecule has 9 heteroatoms. The van der Waals surface area contributed by atoms with E-state index >= 15 is 0 Å². The van der Waals surface area contributed by atoms with Gasteiger partial charge in [-0.3, -0.25) is 14.9 Å². The van der Waals surface area contributed by atoms with E-state index < -0.39 is 6.04 Å². The van der Waals surface area contributed by atoms with E-state index in [0.717, 1.165) is 20.9 Å². The number of aromatic nitrogens is 2. The molecule has 0 bridgehead atoms. The minimum atomic E-state index is -0.690. The Hall–Kier alpha value is -2.10. The standard InChI is InChI=1S/C21H20Br2N4O2S/c1-3-12(2)17(24-18(28)13-7-9-15(22)10-8-13)19(29)25-21-27-26-20(30-21)14-5-4-6-16(23)11-14/h4-12,17H,3H2,1-2H3,(H,24,28)(H,25,27,29)/t12-,17+/m1/s1. The molecule has 156 valence electrons. The molecule has 0 saturated carbocycles. The van der Waals surface area contributed by atoms with Crippen LogP contribution in [0.5, 0.6) is 0 Å². The average molecular weight is 552 g/mol. The van der Waals surface area contributed by atoms with Gasteiger partial charge in [0.25, 0.3) is 5.91 Å².